The number of aromatic nitrogens is 2. The minimum atomic E-state index is -0.965. The van der Waals surface area contributed by atoms with Crippen molar-refractivity contribution in [3.05, 3.63) is 59.5 Å². The molecule has 3 aromatic rings. The Morgan fingerprint density at radius 2 is 1.70 bits per heavy atom. The van der Waals surface area contributed by atoms with Gasteiger partial charge in [-0.25, -0.2) is 4.98 Å². The molecule has 1 unspecified atom stereocenters. The van der Waals surface area contributed by atoms with Gasteiger partial charge in [0.05, 0.1) is 25.3 Å². The number of aliphatic carboxylic acids is 1. The first-order valence-electron chi connectivity index (χ1n) is 10.0. The van der Waals surface area contributed by atoms with Gasteiger partial charge < -0.3 is 14.6 Å². The molecular formula is C23H26N2O5. The van der Waals surface area contributed by atoms with E-state index in [2.05, 4.69) is 4.98 Å². The number of rotatable bonds is 10. The van der Waals surface area contributed by atoms with Crippen LogP contribution in [0.25, 0.3) is 5.65 Å². The van der Waals surface area contributed by atoms with E-state index in [1.807, 2.05) is 38.1 Å². The van der Waals surface area contributed by atoms with Gasteiger partial charge in [0.2, 0.25) is 0 Å². The van der Waals surface area contributed by atoms with Crippen LogP contribution in [0.3, 0.4) is 0 Å². The molecule has 30 heavy (non-hydrogen) atoms. The molecule has 0 saturated heterocycles. The molecule has 0 bridgehead atoms. The van der Waals surface area contributed by atoms with E-state index in [0.29, 0.717) is 41.7 Å². The van der Waals surface area contributed by atoms with Crippen LogP contribution in [0.5, 0.6) is 11.5 Å². The van der Waals surface area contributed by atoms with Crippen molar-refractivity contribution < 1.29 is 24.2 Å². The predicted octanol–water partition coefficient (Wildman–Crippen LogP) is 4.27. The number of para-hydroxylation sites is 1. The Kier molecular flexibility index (Phi) is 6.72. The van der Waals surface area contributed by atoms with Crippen LogP contribution in [-0.4, -0.2) is 39.5 Å². The van der Waals surface area contributed by atoms with Gasteiger partial charge in [-0.2, -0.15) is 0 Å². The fourth-order valence-corrected chi connectivity index (χ4v) is 3.69. The highest BCUT2D eigenvalue weighted by Crippen LogP contribution is 2.33. The van der Waals surface area contributed by atoms with Crippen molar-refractivity contribution in [2.75, 3.05) is 13.2 Å². The Labute approximate surface area is 175 Å². The summed E-state index contributed by atoms with van der Waals surface area (Å²) in [4.78, 5) is 29.4. The number of fused-ring (bicyclic) bond motifs is 1. The third kappa shape index (κ3) is 4.45. The van der Waals surface area contributed by atoms with Crippen LogP contribution in [0.2, 0.25) is 0 Å². The van der Waals surface area contributed by atoms with Crippen LogP contribution in [0.4, 0.5) is 0 Å². The van der Waals surface area contributed by atoms with Gasteiger partial charge in [0, 0.05) is 18.5 Å². The van der Waals surface area contributed by atoms with E-state index in [4.69, 9.17) is 9.47 Å². The number of carbonyl (C=O) groups is 2. The van der Waals surface area contributed by atoms with E-state index >= 15 is 0 Å². The largest absolute Gasteiger partial charge is 0.494 e. The maximum atomic E-state index is 13.3. The Morgan fingerprint density at radius 3 is 2.40 bits per heavy atom. The quantitative estimate of drug-likeness (QED) is 0.502. The van der Waals surface area contributed by atoms with Crippen LogP contribution in [0.15, 0.2) is 42.6 Å². The lowest BCUT2D eigenvalue weighted by Crippen LogP contribution is -2.15. The van der Waals surface area contributed by atoms with Crippen molar-refractivity contribution in [2.24, 2.45) is 0 Å². The number of carbonyl (C=O) groups excluding carboxylic acids is 1. The molecule has 2 aromatic heterocycles. The van der Waals surface area contributed by atoms with Crippen molar-refractivity contribution >= 4 is 17.4 Å². The number of ketones is 1. The van der Waals surface area contributed by atoms with Crippen LogP contribution >= 0.6 is 0 Å². The molecule has 0 amide bonds. The van der Waals surface area contributed by atoms with Crippen molar-refractivity contribution in [1.82, 2.24) is 9.38 Å². The fourth-order valence-electron chi connectivity index (χ4n) is 3.69. The lowest BCUT2D eigenvalue weighted by atomic mass is 9.89. The SMILES string of the molecule is CCOc1ccccc1C(CC(=O)O)CC(=O)c1c(C)nc2c(OCC)cccn12. The summed E-state index contributed by atoms with van der Waals surface area (Å²) < 4.78 is 13.0. The van der Waals surface area contributed by atoms with Crippen molar-refractivity contribution in [3.63, 3.8) is 0 Å². The number of ether oxygens (including phenoxy) is 2. The maximum absolute atomic E-state index is 13.3. The molecule has 1 N–H and O–H groups in total. The molecule has 3 rings (SSSR count). The fraction of sp³-hybridized carbons (Fsp3) is 0.348. The molecule has 0 fully saturated rings. The molecule has 0 spiro atoms. The minimum Gasteiger partial charge on any atom is -0.494 e. The molecule has 0 radical (unpaired) electrons. The number of aryl methyl sites for hydroxylation is 1. The Morgan fingerprint density at radius 1 is 1.03 bits per heavy atom. The Hall–Kier alpha value is -3.35. The van der Waals surface area contributed by atoms with Crippen LogP contribution in [0, 0.1) is 6.92 Å². The molecule has 0 aliphatic carbocycles. The third-order valence-electron chi connectivity index (χ3n) is 4.86. The van der Waals surface area contributed by atoms with Gasteiger partial charge in [0.25, 0.3) is 0 Å². The lowest BCUT2D eigenvalue weighted by Gasteiger charge is -2.18. The molecule has 1 atom stereocenters. The van der Waals surface area contributed by atoms with Gasteiger partial charge in [-0.1, -0.05) is 18.2 Å². The van der Waals surface area contributed by atoms with Gasteiger partial charge in [-0.05, 0) is 44.5 Å². The molecule has 7 heteroatoms. The third-order valence-corrected chi connectivity index (χ3v) is 4.86. The number of carboxylic acid groups (broad SMARTS) is 1. The summed E-state index contributed by atoms with van der Waals surface area (Å²) in [6, 6.07) is 10.9. The van der Waals surface area contributed by atoms with Crippen LogP contribution in [-0.2, 0) is 4.79 Å². The van der Waals surface area contributed by atoms with Gasteiger partial charge >= 0.3 is 5.97 Å². The highest BCUT2D eigenvalue weighted by molar-refractivity contribution is 5.97. The molecule has 0 aliphatic rings. The average molecular weight is 410 g/mol. The van der Waals surface area contributed by atoms with E-state index < -0.39 is 11.9 Å². The Balaban J connectivity index is 1.99. The summed E-state index contributed by atoms with van der Waals surface area (Å²) in [6.45, 7) is 6.47. The minimum absolute atomic E-state index is 0.0316. The summed E-state index contributed by atoms with van der Waals surface area (Å²) in [7, 11) is 0. The number of Topliss-reactive ketones (excluding diaryl/α,β-unsaturated/α-hetero) is 1. The molecule has 7 nitrogen and oxygen atoms in total. The number of hydrogen-bond acceptors (Lipinski definition) is 5. The Bertz CT molecular complexity index is 1060. The van der Waals surface area contributed by atoms with Gasteiger partial charge in [-0.3, -0.25) is 14.0 Å². The lowest BCUT2D eigenvalue weighted by molar-refractivity contribution is -0.137. The summed E-state index contributed by atoms with van der Waals surface area (Å²) in [6.07, 6.45) is 1.63. The monoisotopic (exact) mass is 410 g/mol. The van der Waals surface area contributed by atoms with E-state index in [-0.39, 0.29) is 18.6 Å². The average Bonchev–Trinajstić information content (AvgIpc) is 3.05. The van der Waals surface area contributed by atoms with E-state index in [1.54, 1.807) is 29.7 Å². The van der Waals surface area contributed by atoms with Gasteiger partial charge in [0.15, 0.2) is 17.2 Å². The smallest absolute Gasteiger partial charge is 0.303 e. The van der Waals surface area contributed by atoms with Crippen LogP contribution in [0.1, 0.15) is 54.4 Å². The number of benzene rings is 1. The first kappa shape index (κ1) is 21.4. The normalized spacial score (nSPS) is 12.0. The number of imidazole rings is 1. The summed E-state index contributed by atoms with van der Waals surface area (Å²) in [5.41, 5.74) is 2.32. The highest BCUT2D eigenvalue weighted by atomic mass is 16.5. The van der Waals surface area contributed by atoms with E-state index in [0.717, 1.165) is 5.56 Å². The number of carboxylic acids is 1. The zero-order valence-corrected chi connectivity index (χ0v) is 17.4. The molecule has 0 aliphatic heterocycles. The number of nitrogens with zero attached hydrogens (tertiary/aromatic N) is 2. The van der Waals surface area contributed by atoms with Gasteiger partial charge in [0.1, 0.15) is 11.4 Å². The molecule has 158 valence electrons. The van der Waals surface area contributed by atoms with Crippen molar-refractivity contribution in [1.29, 1.82) is 0 Å². The molecule has 2 heterocycles. The molecular weight excluding hydrogens is 384 g/mol. The summed E-state index contributed by atoms with van der Waals surface area (Å²) in [5, 5.41) is 9.45. The van der Waals surface area contributed by atoms with E-state index in [1.165, 1.54) is 0 Å². The maximum Gasteiger partial charge on any atom is 0.303 e. The zero-order valence-electron chi connectivity index (χ0n) is 17.4. The predicted molar refractivity (Wildman–Crippen MR) is 113 cm³/mol. The number of hydrogen-bond donors (Lipinski definition) is 1. The topological polar surface area (TPSA) is 90.1 Å². The van der Waals surface area contributed by atoms with Crippen molar-refractivity contribution in [2.45, 2.75) is 39.5 Å². The second-order valence-corrected chi connectivity index (χ2v) is 6.94. The standard InChI is InChI=1S/C23H26N2O5/c1-4-29-19-10-7-6-9-17(19)16(14-21(27)28)13-18(26)22-15(3)24-23-20(30-5-2)11-8-12-25(22)23/h6-12,16H,4-5,13-14H2,1-3H3,(H,27,28). The molecule has 1 aromatic carbocycles. The summed E-state index contributed by atoms with van der Waals surface area (Å²) >= 11 is 0. The van der Waals surface area contributed by atoms with Crippen LogP contribution < -0.4 is 9.47 Å². The second-order valence-electron chi connectivity index (χ2n) is 6.94. The van der Waals surface area contributed by atoms with E-state index in [9.17, 15) is 14.7 Å². The van der Waals surface area contributed by atoms with Gasteiger partial charge in [-0.15, -0.1) is 0 Å². The highest BCUT2D eigenvalue weighted by Gasteiger charge is 2.26. The summed E-state index contributed by atoms with van der Waals surface area (Å²) in [5.74, 6) is -0.449. The van der Waals surface area contributed by atoms with Crippen molar-refractivity contribution in [3.8, 4) is 11.5 Å². The molecule has 0 saturated carbocycles. The first-order chi connectivity index (χ1) is 14.5. The number of pyridine rings is 1. The zero-order chi connectivity index (χ0) is 21.7. The second kappa shape index (κ2) is 9.43. The first-order valence-corrected chi connectivity index (χ1v) is 10.0.